The van der Waals surface area contributed by atoms with Crippen LogP contribution in [0, 0.1) is 11.8 Å². The highest BCUT2D eigenvalue weighted by molar-refractivity contribution is 7.99. The molecule has 2 aromatic rings. The van der Waals surface area contributed by atoms with Gasteiger partial charge in [-0.1, -0.05) is 32.5 Å². The van der Waals surface area contributed by atoms with Crippen molar-refractivity contribution >= 4 is 39.2 Å². The number of carbonyl (C=O) groups excluding carboxylic acids is 1. The first-order valence-corrected chi connectivity index (χ1v) is 11.7. The van der Waals surface area contributed by atoms with E-state index in [1.807, 2.05) is 6.92 Å². The van der Waals surface area contributed by atoms with Crippen LogP contribution in [0.3, 0.4) is 0 Å². The molecule has 0 saturated heterocycles. The summed E-state index contributed by atoms with van der Waals surface area (Å²) in [7, 11) is 0. The first-order chi connectivity index (χ1) is 12.9. The van der Waals surface area contributed by atoms with Crippen molar-refractivity contribution in [2.75, 3.05) is 12.3 Å². The van der Waals surface area contributed by atoms with Gasteiger partial charge in [0.2, 0.25) is 5.91 Å². The molecule has 0 aliphatic heterocycles. The van der Waals surface area contributed by atoms with E-state index in [0.29, 0.717) is 30.1 Å². The Morgan fingerprint density at radius 3 is 2.93 bits per heavy atom. The minimum Gasteiger partial charge on any atom is -0.355 e. The Kier molecular flexibility index (Phi) is 6.63. The summed E-state index contributed by atoms with van der Waals surface area (Å²) in [6.07, 6.45) is 4.13. The Labute approximate surface area is 169 Å². The molecule has 1 aliphatic rings. The third-order valence-corrected chi connectivity index (χ3v) is 7.20. The molecule has 3 rings (SSSR count). The second-order valence-corrected chi connectivity index (χ2v) is 9.82. The average molecular weight is 408 g/mol. The smallest absolute Gasteiger partial charge is 0.263 e. The molecular weight excluding hydrogens is 378 g/mol. The maximum absolute atomic E-state index is 13.1. The number of fused-ring (bicyclic) bond motifs is 3. The van der Waals surface area contributed by atoms with Gasteiger partial charge in [-0.15, -0.1) is 11.3 Å². The lowest BCUT2D eigenvalue weighted by Gasteiger charge is -2.17. The van der Waals surface area contributed by atoms with Crippen LogP contribution in [0.25, 0.3) is 10.2 Å². The number of amides is 1. The van der Waals surface area contributed by atoms with Crippen molar-refractivity contribution in [1.82, 2.24) is 14.9 Å². The van der Waals surface area contributed by atoms with Gasteiger partial charge in [-0.2, -0.15) is 0 Å². The Morgan fingerprint density at radius 1 is 1.44 bits per heavy atom. The SMILES string of the molecule is CCn1c(SCC(=O)NCCC(C)C)nc2sc3c(c2c1=O)CCC(C)C3. The Morgan fingerprint density at radius 2 is 2.22 bits per heavy atom. The van der Waals surface area contributed by atoms with Crippen LogP contribution in [0.4, 0.5) is 0 Å². The maximum Gasteiger partial charge on any atom is 0.263 e. The van der Waals surface area contributed by atoms with Crippen LogP contribution in [0.2, 0.25) is 0 Å². The van der Waals surface area contributed by atoms with Gasteiger partial charge < -0.3 is 5.32 Å². The van der Waals surface area contributed by atoms with Crippen molar-refractivity contribution in [2.45, 2.75) is 65.1 Å². The van der Waals surface area contributed by atoms with E-state index in [9.17, 15) is 9.59 Å². The highest BCUT2D eigenvalue weighted by atomic mass is 32.2. The molecule has 2 aromatic heterocycles. The number of nitrogens with zero attached hydrogens (tertiary/aromatic N) is 2. The van der Waals surface area contributed by atoms with E-state index in [1.54, 1.807) is 15.9 Å². The predicted molar refractivity (Wildman–Crippen MR) is 114 cm³/mol. The van der Waals surface area contributed by atoms with Gasteiger partial charge in [-0.25, -0.2) is 4.98 Å². The molecule has 1 amide bonds. The van der Waals surface area contributed by atoms with E-state index in [2.05, 4.69) is 26.1 Å². The summed E-state index contributed by atoms with van der Waals surface area (Å²) in [5.74, 6) is 1.53. The van der Waals surface area contributed by atoms with Crippen molar-refractivity contribution in [3.8, 4) is 0 Å². The minimum atomic E-state index is -0.00283. The lowest BCUT2D eigenvalue weighted by Crippen LogP contribution is -2.28. The standard InChI is InChI=1S/C20H29N3O2S2/c1-5-23-19(25)17-14-7-6-13(4)10-15(14)27-18(17)22-20(23)26-11-16(24)21-9-8-12(2)3/h12-13H,5-11H2,1-4H3,(H,21,24). The molecule has 7 heteroatoms. The van der Waals surface area contributed by atoms with E-state index in [4.69, 9.17) is 4.98 Å². The van der Waals surface area contributed by atoms with Crippen molar-refractivity contribution in [3.63, 3.8) is 0 Å². The van der Waals surface area contributed by atoms with E-state index < -0.39 is 0 Å². The molecule has 27 heavy (non-hydrogen) atoms. The molecule has 1 atom stereocenters. The number of carbonyl (C=O) groups is 1. The number of thioether (sulfide) groups is 1. The first kappa shape index (κ1) is 20.4. The molecule has 0 fully saturated rings. The molecule has 5 nitrogen and oxygen atoms in total. The van der Waals surface area contributed by atoms with E-state index >= 15 is 0 Å². The summed E-state index contributed by atoms with van der Waals surface area (Å²) in [4.78, 5) is 32.1. The number of rotatable bonds is 7. The predicted octanol–water partition coefficient (Wildman–Crippen LogP) is 3.86. The lowest BCUT2D eigenvalue weighted by atomic mass is 9.89. The van der Waals surface area contributed by atoms with Crippen molar-refractivity contribution in [3.05, 3.63) is 20.8 Å². The van der Waals surface area contributed by atoms with E-state index in [1.165, 1.54) is 22.2 Å². The highest BCUT2D eigenvalue weighted by Gasteiger charge is 2.24. The summed E-state index contributed by atoms with van der Waals surface area (Å²) in [6, 6.07) is 0. The lowest BCUT2D eigenvalue weighted by molar-refractivity contribution is -0.118. The Hall–Kier alpha value is -1.34. The number of aromatic nitrogens is 2. The summed E-state index contributed by atoms with van der Waals surface area (Å²) in [6.45, 7) is 9.77. The van der Waals surface area contributed by atoms with Gasteiger partial charge in [0.05, 0.1) is 11.1 Å². The maximum atomic E-state index is 13.1. The molecule has 1 unspecified atom stereocenters. The number of hydrogen-bond acceptors (Lipinski definition) is 5. The molecule has 148 valence electrons. The van der Waals surface area contributed by atoms with Gasteiger partial charge in [0.25, 0.3) is 5.56 Å². The van der Waals surface area contributed by atoms with Crippen molar-refractivity contribution in [2.24, 2.45) is 11.8 Å². The van der Waals surface area contributed by atoms with Gasteiger partial charge in [-0.3, -0.25) is 14.2 Å². The van der Waals surface area contributed by atoms with Crippen LogP contribution in [0.15, 0.2) is 9.95 Å². The van der Waals surface area contributed by atoms with E-state index in [0.717, 1.165) is 35.9 Å². The molecular formula is C20H29N3O2S2. The number of hydrogen-bond donors (Lipinski definition) is 1. The summed E-state index contributed by atoms with van der Waals surface area (Å²) in [5.41, 5.74) is 1.27. The molecule has 0 saturated carbocycles. The second kappa shape index (κ2) is 8.78. The fourth-order valence-corrected chi connectivity index (χ4v) is 5.79. The largest absolute Gasteiger partial charge is 0.355 e. The minimum absolute atomic E-state index is 0.00283. The third kappa shape index (κ3) is 4.57. The van der Waals surface area contributed by atoms with Crippen LogP contribution < -0.4 is 10.9 Å². The first-order valence-electron chi connectivity index (χ1n) is 9.85. The molecule has 0 bridgehead atoms. The summed E-state index contributed by atoms with van der Waals surface area (Å²) in [5, 5.41) is 4.41. The van der Waals surface area contributed by atoms with Gasteiger partial charge in [0, 0.05) is 18.0 Å². The topological polar surface area (TPSA) is 64.0 Å². The third-order valence-electron chi connectivity index (χ3n) is 5.07. The fraction of sp³-hybridized carbons (Fsp3) is 0.650. The zero-order valence-electron chi connectivity index (χ0n) is 16.6. The van der Waals surface area contributed by atoms with E-state index in [-0.39, 0.29) is 17.2 Å². The summed E-state index contributed by atoms with van der Waals surface area (Å²) < 4.78 is 1.72. The zero-order chi connectivity index (χ0) is 19.6. The average Bonchev–Trinajstić information content (AvgIpc) is 2.97. The molecule has 1 aliphatic carbocycles. The quantitative estimate of drug-likeness (QED) is 0.559. The number of thiophene rings is 1. The Bertz CT molecular complexity index is 885. The fourth-order valence-electron chi connectivity index (χ4n) is 3.48. The van der Waals surface area contributed by atoms with Gasteiger partial charge in [0.15, 0.2) is 5.16 Å². The zero-order valence-corrected chi connectivity index (χ0v) is 18.3. The van der Waals surface area contributed by atoms with Crippen LogP contribution in [-0.4, -0.2) is 27.8 Å². The molecule has 0 radical (unpaired) electrons. The molecule has 2 heterocycles. The number of aryl methyl sites for hydroxylation is 1. The van der Waals surface area contributed by atoms with Gasteiger partial charge in [0.1, 0.15) is 4.83 Å². The highest BCUT2D eigenvalue weighted by Crippen LogP contribution is 2.36. The second-order valence-electron chi connectivity index (χ2n) is 7.80. The van der Waals surface area contributed by atoms with Gasteiger partial charge in [-0.05, 0) is 50.0 Å². The summed E-state index contributed by atoms with van der Waals surface area (Å²) >= 11 is 3.02. The molecule has 0 spiro atoms. The Balaban J connectivity index is 1.81. The monoisotopic (exact) mass is 407 g/mol. The van der Waals surface area contributed by atoms with Crippen molar-refractivity contribution in [1.29, 1.82) is 0 Å². The number of nitrogens with one attached hydrogen (secondary N) is 1. The molecule has 0 aromatic carbocycles. The van der Waals surface area contributed by atoms with Crippen molar-refractivity contribution < 1.29 is 4.79 Å². The van der Waals surface area contributed by atoms with Crippen LogP contribution in [0.5, 0.6) is 0 Å². The van der Waals surface area contributed by atoms with Crippen LogP contribution in [0.1, 0.15) is 51.0 Å². The van der Waals surface area contributed by atoms with Crippen LogP contribution >= 0.6 is 23.1 Å². The molecule has 1 N–H and O–H groups in total. The normalized spacial score (nSPS) is 16.7. The van der Waals surface area contributed by atoms with Crippen LogP contribution in [-0.2, 0) is 24.2 Å². The van der Waals surface area contributed by atoms with Gasteiger partial charge >= 0.3 is 0 Å².